The van der Waals surface area contributed by atoms with Crippen LogP contribution in [0.3, 0.4) is 0 Å². The number of hydrogen-bond acceptors (Lipinski definition) is 2. The van der Waals surface area contributed by atoms with Crippen molar-refractivity contribution < 1.29 is 9.31 Å². The van der Waals surface area contributed by atoms with Crippen molar-refractivity contribution in [2.24, 2.45) is 5.92 Å². The topological polar surface area (TPSA) is 18.5 Å². The maximum atomic E-state index is 6.01. The van der Waals surface area contributed by atoms with Crippen molar-refractivity contribution in [2.45, 2.75) is 73.0 Å². The maximum absolute atomic E-state index is 6.01. The molecule has 1 saturated heterocycles. The summed E-state index contributed by atoms with van der Waals surface area (Å²) in [6.07, 6.45) is 7.70. The van der Waals surface area contributed by atoms with E-state index in [9.17, 15) is 0 Å². The van der Waals surface area contributed by atoms with E-state index in [1.807, 2.05) is 0 Å². The molecule has 0 aromatic heterocycles. The van der Waals surface area contributed by atoms with Crippen molar-refractivity contribution in [3.8, 4) is 0 Å². The van der Waals surface area contributed by atoms with Crippen molar-refractivity contribution >= 4 is 7.12 Å². The molecule has 0 aromatic carbocycles. The third kappa shape index (κ3) is 4.86. The first-order valence-corrected chi connectivity index (χ1v) is 7.89. The van der Waals surface area contributed by atoms with Gasteiger partial charge in [-0.2, -0.15) is 0 Å². The Morgan fingerprint density at radius 3 is 2.00 bits per heavy atom. The van der Waals surface area contributed by atoms with Crippen molar-refractivity contribution in [3.63, 3.8) is 0 Å². The zero-order valence-electron chi connectivity index (χ0n) is 15.0. The molecule has 0 N–H and O–H groups in total. The van der Waals surface area contributed by atoms with Crippen LogP contribution in [-0.4, -0.2) is 18.3 Å². The molecule has 21 heavy (non-hydrogen) atoms. The molecule has 1 unspecified atom stereocenters. The molecule has 0 aromatic rings. The SMILES string of the molecule is C/C=C(\C)C(/C=C/B1OC(C)(C)C(C)(C)O1)CC=C(C)C. The van der Waals surface area contributed by atoms with Crippen LogP contribution in [0.15, 0.2) is 35.3 Å². The van der Waals surface area contributed by atoms with Crippen molar-refractivity contribution in [1.29, 1.82) is 0 Å². The molecule has 1 atom stereocenters. The molecule has 0 amide bonds. The zero-order chi connectivity index (χ0) is 16.3. The second-order valence-corrected chi connectivity index (χ2v) is 7.17. The molecule has 1 aliphatic heterocycles. The molecular weight excluding hydrogens is 259 g/mol. The lowest BCUT2D eigenvalue weighted by atomic mass is 9.85. The van der Waals surface area contributed by atoms with E-state index < -0.39 is 0 Å². The molecule has 2 nitrogen and oxygen atoms in total. The summed E-state index contributed by atoms with van der Waals surface area (Å²) in [5, 5.41) is 0. The highest BCUT2D eigenvalue weighted by Gasteiger charge is 2.50. The Morgan fingerprint density at radius 2 is 1.57 bits per heavy atom. The molecule has 1 aliphatic rings. The summed E-state index contributed by atoms with van der Waals surface area (Å²) in [5.41, 5.74) is 2.19. The lowest BCUT2D eigenvalue weighted by Crippen LogP contribution is -2.41. The normalized spacial score (nSPS) is 22.7. The molecule has 1 rings (SSSR count). The van der Waals surface area contributed by atoms with Gasteiger partial charge in [-0.15, -0.1) is 0 Å². The minimum absolute atomic E-state index is 0.256. The quantitative estimate of drug-likeness (QED) is 0.517. The van der Waals surface area contributed by atoms with Gasteiger partial charge in [-0.1, -0.05) is 35.3 Å². The summed E-state index contributed by atoms with van der Waals surface area (Å²) >= 11 is 0. The summed E-state index contributed by atoms with van der Waals surface area (Å²) in [6.45, 7) is 16.9. The Morgan fingerprint density at radius 1 is 1.05 bits per heavy atom. The first kappa shape index (κ1) is 18.3. The first-order chi connectivity index (χ1) is 9.59. The number of hydrogen-bond donors (Lipinski definition) is 0. The lowest BCUT2D eigenvalue weighted by Gasteiger charge is -2.32. The Labute approximate surface area is 131 Å². The molecule has 1 heterocycles. The summed E-state index contributed by atoms with van der Waals surface area (Å²) < 4.78 is 12.0. The smallest absolute Gasteiger partial charge is 0.400 e. The van der Waals surface area contributed by atoms with Gasteiger partial charge >= 0.3 is 7.12 Å². The van der Waals surface area contributed by atoms with Gasteiger partial charge in [0, 0.05) is 5.92 Å². The van der Waals surface area contributed by atoms with E-state index in [4.69, 9.17) is 9.31 Å². The Balaban J connectivity index is 2.78. The van der Waals surface area contributed by atoms with Gasteiger partial charge in [0.15, 0.2) is 0 Å². The zero-order valence-corrected chi connectivity index (χ0v) is 15.0. The Bertz CT molecular complexity index is 424. The van der Waals surface area contributed by atoms with Crippen LogP contribution < -0.4 is 0 Å². The van der Waals surface area contributed by atoms with Crippen LogP contribution in [0.25, 0.3) is 0 Å². The van der Waals surface area contributed by atoms with Gasteiger partial charge in [0.2, 0.25) is 0 Å². The second-order valence-electron chi connectivity index (χ2n) is 7.17. The molecule has 0 bridgehead atoms. The number of rotatable bonds is 5. The fourth-order valence-electron chi connectivity index (χ4n) is 2.19. The third-order valence-corrected chi connectivity index (χ3v) is 4.59. The highest BCUT2D eigenvalue weighted by molar-refractivity contribution is 6.51. The molecule has 0 saturated carbocycles. The molecular formula is C18H31BO2. The maximum Gasteiger partial charge on any atom is 0.486 e. The molecule has 0 aliphatic carbocycles. The Kier molecular flexibility index (Phi) is 6.06. The number of allylic oxidation sites excluding steroid dienone is 5. The van der Waals surface area contributed by atoms with Gasteiger partial charge in [-0.3, -0.25) is 0 Å². The lowest BCUT2D eigenvalue weighted by molar-refractivity contribution is 0.00578. The van der Waals surface area contributed by atoms with E-state index in [0.29, 0.717) is 5.92 Å². The van der Waals surface area contributed by atoms with E-state index in [0.717, 1.165) is 6.42 Å². The Hall–Kier alpha value is -0.795. The summed E-state index contributed by atoms with van der Waals surface area (Å²) in [5.74, 6) is 2.47. The van der Waals surface area contributed by atoms with E-state index in [2.05, 4.69) is 79.6 Å². The molecule has 0 spiro atoms. The van der Waals surface area contributed by atoms with E-state index in [1.54, 1.807) is 0 Å². The molecule has 1 fully saturated rings. The average molecular weight is 290 g/mol. The van der Waals surface area contributed by atoms with Crippen molar-refractivity contribution in [3.05, 3.63) is 35.3 Å². The van der Waals surface area contributed by atoms with Gasteiger partial charge in [0.25, 0.3) is 0 Å². The summed E-state index contributed by atoms with van der Waals surface area (Å²) in [7, 11) is -0.256. The van der Waals surface area contributed by atoms with Crippen molar-refractivity contribution in [2.75, 3.05) is 0 Å². The van der Waals surface area contributed by atoms with Crippen LogP contribution in [0.2, 0.25) is 0 Å². The van der Waals surface area contributed by atoms with E-state index >= 15 is 0 Å². The monoisotopic (exact) mass is 290 g/mol. The van der Waals surface area contributed by atoms with Gasteiger partial charge in [0.05, 0.1) is 11.2 Å². The minimum Gasteiger partial charge on any atom is -0.400 e. The largest absolute Gasteiger partial charge is 0.486 e. The fourth-order valence-corrected chi connectivity index (χ4v) is 2.19. The van der Waals surface area contributed by atoms with Gasteiger partial charge in [0.1, 0.15) is 0 Å². The third-order valence-electron chi connectivity index (χ3n) is 4.59. The van der Waals surface area contributed by atoms with Crippen LogP contribution in [0.4, 0.5) is 0 Å². The standard InChI is InChI=1S/C18H31BO2/c1-9-15(4)16(11-10-14(2)3)12-13-19-20-17(5,6)18(7,8)21-19/h9-10,12-13,16H,11H2,1-8H3/b13-12+,15-9+. The highest BCUT2D eigenvalue weighted by atomic mass is 16.7. The van der Waals surface area contributed by atoms with E-state index in [1.165, 1.54) is 11.1 Å². The van der Waals surface area contributed by atoms with Crippen LogP contribution in [0.1, 0.15) is 61.8 Å². The molecule has 0 radical (unpaired) electrons. The van der Waals surface area contributed by atoms with Crippen LogP contribution in [-0.2, 0) is 9.31 Å². The predicted octanol–water partition coefficient (Wildman–Crippen LogP) is 5.11. The highest BCUT2D eigenvalue weighted by Crippen LogP contribution is 2.37. The fraction of sp³-hybridized carbons (Fsp3) is 0.667. The van der Waals surface area contributed by atoms with Crippen LogP contribution >= 0.6 is 0 Å². The van der Waals surface area contributed by atoms with E-state index in [-0.39, 0.29) is 18.3 Å². The molecule has 118 valence electrons. The van der Waals surface area contributed by atoms with Gasteiger partial charge in [-0.05, 0) is 61.8 Å². The van der Waals surface area contributed by atoms with Gasteiger partial charge < -0.3 is 9.31 Å². The average Bonchev–Trinajstić information content (AvgIpc) is 2.56. The molecule has 3 heteroatoms. The summed E-state index contributed by atoms with van der Waals surface area (Å²) in [4.78, 5) is 0. The second kappa shape index (κ2) is 6.98. The first-order valence-electron chi connectivity index (χ1n) is 7.89. The minimum atomic E-state index is -0.271. The van der Waals surface area contributed by atoms with Crippen LogP contribution in [0.5, 0.6) is 0 Å². The van der Waals surface area contributed by atoms with Gasteiger partial charge in [-0.25, -0.2) is 0 Å². The van der Waals surface area contributed by atoms with Crippen molar-refractivity contribution in [1.82, 2.24) is 0 Å². The van der Waals surface area contributed by atoms with Crippen LogP contribution in [0, 0.1) is 5.92 Å². The summed E-state index contributed by atoms with van der Waals surface area (Å²) in [6, 6.07) is 0. The predicted molar refractivity (Wildman–Crippen MR) is 92.2 cm³/mol.